The second-order valence-electron chi connectivity index (χ2n) is 10.8. The van der Waals surface area contributed by atoms with E-state index in [-0.39, 0.29) is 28.1 Å². The molecule has 0 bridgehead atoms. The number of thiazole rings is 1. The van der Waals surface area contributed by atoms with E-state index in [0.29, 0.717) is 48.4 Å². The van der Waals surface area contributed by atoms with Crippen LogP contribution in [0.25, 0.3) is 6.08 Å². The number of amides is 1. The van der Waals surface area contributed by atoms with Crippen molar-refractivity contribution in [2.75, 3.05) is 12.4 Å². The number of hydrogen-bond donors (Lipinski definition) is 1. The normalized spacial score (nSPS) is 14.4. The molecule has 1 atom stereocenters. The maximum absolute atomic E-state index is 14.1. The molecule has 0 unspecified atom stereocenters. The van der Waals surface area contributed by atoms with E-state index < -0.39 is 6.04 Å². The first-order chi connectivity index (χ1) is 22.6. The highest BCUT2D eigenvalue weighted by atomic mass is 35.5. The van der Waals surface area contributed by atoms with Gasteiger partial charge in [-0.2, -0.15) is 0 Å². The molecule has 1 aromatic heterocycles. The molecule has 7 nitrogen and oxygen atoms in total. The molecule has 0 fully saturated rings. The summed E-state index contributed by atoms with van der Waals surface area (Å²) in [7, 11) is 1.57. The van der Waals surface area contributed by atoms with Crippen molar-refractivity contribution in [3.8, 4) is 11.5 Å². The summed E-state index contributed by atoms with van der Waals surface area (Å²) in [6, 6.07) is 25.0. The maximum Gasteiger partial charge on any atom is 0.271 e. The third-order valence-corrected chi connectivity index (χ3v) is 9.47. The molecular formula is C36H28Cl3N3O4S. The number of aromatic nitrogens is 1. The van der Waals surface area contributed by atoms with Gasteiger partial charge in [0, 0.05) is 16.3 Å². The highest BCUT2D eigenvalue weighted by Gasteiger charge is 2.32. The van der Waals surface area contributed by atoms with Crippen molar-refractivity contribution in [2.45, 2.75) is 26.5 Å². The highest BCUT2D eigenvalue weighted by Crippen LogP contribution is 2.37. The quantitative estimate of drug-likeness (QED) is 0.179. The van der Waals surface area contributed by atoms with Crippen LogP contribution in [0.3, 0.4) is 0 Å². The first-order valence-corrected chi connectivity index (χ1v) is 16.5. The molecule has 0 aliphatic carbocycles. The van der Waals surface area contributed by atoms with E-state index in [1.54, 1.807) is 42.9 Å². The third kappa shape index (κ3) is 6.73. The van der Waals surface area contributed by atoms with E-state index >= 15 is 0 Å². The molecule has 1 aliphatic heterocycles. The maximum atomic E-state index is 14.1. The molecule has 0 saturated heterocycles. The number of carbonyl (C=O) groups excluding carboxylic acids is 1. The number of nitrogens with zero attached hydrogens (tertiary/aromatic N) is 2. The van der Waals surface area contributed by atoms with Crippen molar-refractivity contribution in [1.82, 2.24) is 4.57 Å². The van der Waals surface area contributed by atoms with Gasteiger partial charge in [-0.15, -0.1) is 0 Å². The van der Waals surface area contributed by atoms with Gasteiger partial charge in [-0.25, -0.2) is 4.99 Å². The standard InChI is InChI=1S/C36H28Cl3N3O4S/c1-20-9-7-8-12-28(20)41-34(43)31-21(2)40-36-42(32(31)23-10-5-4-6-11-23)35(44)30(47-36)16-22-13-14-29(45-3)24(15-22)19-46-33-26(38)17-25(37)18-27(33)39/h4-18,32H,19H2,1-3H3,(H,41,43)/t32-/m0/s1. The molecule has 1 aliphatic rings. The van der Waals surface area contributed by atoms with Crippen molar-refractivity contribution >= 4 is 63.8 Å². The Hall–Kier alpha value is -4.34. The van der Waals surface area contributed by atoms with E-state index in [1.807, 2.05) is 73.7 Å². The Labute approximate surface area is 290 Å². The Morgan fingerprint density at radius 3 is 2.38 bits per heavy atom. The lowest BCUT2D eigenvalue weighted by atomic mass is 9.95. The Bertz CT molecular complexity index is 2210. The van der Waals surface area contributed by atoms with Crippen LogP contribution in [0.1, 0.15) is 35.2 Å². The van der Waals surface area contributed by atoms with Crippen molar-refractivity contribution in [2.24, 2.45) is 4.99 Å². The number of para-hydroxylation sites is 1. The van der Waals surface area contributed by atoms with Gasteiger partial charge >= 0.3 is 0 Å². The van der Waals surface area contributed by atoms with Crippen LogP contribution in [0.15, 0.2) is 106 Å². The van der Waals surface area contributed by atoms with Crippen LogP contribution in [0.5, 0.6) is 11.5 Å². The summed E-state index contributed by atoms with van der Waals surface area (Å²) in [5.74, 6) is 0.579. The molecule has 6 rings (SSSR count). The molecule has 0 radical (unpaired) electrons. The van der Waals surface area contributed by atoms with Crippen molar-refractivity contribution in [3.63, 3.8) is 0 Å². The van der Waals surface area contributed by atoms with Crippen LogP contribution < -0.4 is 29.7 Å². The fourth-order valence-corrected chi connectivity index (χ4v) is 7.41. The van der Waals surface area contributed by atoms with Gasteiger partial charge in [0.1, 0.15) is 12.4 Å². The SMILES string of the molecule is COc1ccc(C=c2sc3n(c2=O)[C@@H](c2ccccc2)C(C(=O)Nc2ccccc2C)=C(C)N=3)cc1COc1c(Cl)cc(Cl)cc1Cl. The number of ether oxygens (including phenoxy) is 2. The largest absolute Gasteiger partial charge is 0.496 e. The molecule has 5 aromatic rings. The molecule has 238 valence electrons. The molecule has 0 saturated carbocycles. The van der Waals surface area contributed by atoms with Crippen molar-refractivity contribution < 1.29 is 14.3 Å². The Balaban J connectivity index is 1.39. The van der Waals surface area contributed by atoms with Crippen LogP contribution in [0.4, 0.5) is 5.69 Å². The van der Waals surface area contributed by atoms with Gasteiger partial charge in [-0.3, -0.25) is 14.2 Å². The smallest absolute Gasteiger partial charge is 0.271 e. The molecule has 47 heavy (non-hydrogen) atoms. The van der Waals surface area contributed by atoms with Crippen LogP contribution in [-0.2, 0) is 11.4 Å². The zero-order chi connectivity index (χ0) is 33.2. The Kier molecular flexibility index (Phi) is 9.57. The molecule has 4 aromatic carbocycles. The molecule has 2 heterocycles. The second-order valence-corrected chi connectivity index (χ2v) is 13.1. The lowest BCUT2D eigenvalue weighted by Crippen LogP contribution is -2.40. The number of fused-ring (bicyclic) bond motifs is 1. The summed E-state index contributed by atoms with van der Waals surface area (Å²) >= 11 is 19.9. The number of aryl methyl sites for hydroxylation is 1. The molecule has 11 heteroatoms. The minimum atomic E-state index is -0.674. The summed E-state index contributed by atoms with van der Waals surface area (Å²) < 4.78 is 13.6. The number of benzene rings is 4. The number of methoxy groups -OCH3 is 1. The van der Waals surface area contributed by atoms with E-state index in [0.717, 1.165) is 16.7 Å². The van der Waals surface area contributed by atoms with Crippen LogP contribution in [0, 0.1) is 6.92 Å². The van der Waals surface area contributed by atoms with E-state index in [9.17, 15) is 9.59 Å². The summed E-state index contributed by atoms with van der Waals surface area (Å²) in [6.45, 7) is 3.83. The highest BCUT2D eigenvalue weighted by molar-refractivity contribution is 7.07. The summed E-state index contributed by atoms with van der Waals surface area (Å²) in [4.78, 5) is 33.3. The van der Waals surface area contributed by atoms with Crippen LogP contribution in [0.2, 0.25) is 15.1 Å². The van der Waals surface area contributed by atoms with Gasteiger partial charge < -0.3 is 14.8 Å². The number of rotatable bonds is 8. The average Bonchev–Trinajstić information content (AvgIpc) is 3.35. The Morgan fingerprint density at radius 1 is 0.979 bits per heavy atom. The predicted molar refractivity (Wildman–Crippen MR) is 189 cm³/mol. The monoisotopic (exact) mass is 703 g/mol. The fraction of sp³-hybridized carbons (Fsp3) is 0.139. The van der Waals surface area contributed by atoms with Gasteiger partial charge in [0.2, 0.25) is 0 Å². The average molecular weight is 705 g/mol. The topological polar surface area (TPSA) is 81.9 Å². The lowest BCUT2D eigenvalue weighted by Gasteiger charge is -2.25. The van der Waals surface area contributed by atoms with Gasteiger partial charge in [-0.05, 0) is 66.9 Å². The summed E-state index contributed by atoms with van der Waals surface area (Å²) in [5, 5.41) is 4.01. The first-order valence-electron chi connectivity index (χ1n) is 14.5. The second kappa shape index (κ2) is 13.8. The van der Waals surface area contributed by atoms with Crippen LogP contribution >= 0.6 is 46.1 Å². The zero-order valence-electron chi connectivity index (χ0n) is 25.5. The van der Waals surface area contributed by atoms with Gasteiger partial charge in [-0.1, -0.05) is 101 Å². The minimum absolute atomic E-state index is 0.0970. The van der Waals surface area contributed by atoms with Crippen molar-refractivity contribution in [3.05, 3.63) is 153 Å². The number of nitrogens with one attached hydrogen (secondary N) is 1. The van der Waals surface area contributed by atoms with Gasteiger partial charge in [0.15, 0.2) is 10.6 Å². The minimum Gasteiger partial charge on any atom is -0.496 e. The Morgan fingerprint density at radius 2 is 1.68 bits per heavy atom. The number of allylic oxidation sites excluding steroid dienone is 1. The number of carbonyl (C=O) groups is 1. The molecular weight excluding hydrogens is 677 g/mol. The molecule has 0 spiro atoms. The number of anilines is 1. The van der Waals surface area contributed by atoms with Gasteiger partial charge in [0.25, 0.3) is 11.5 Å². The predicted octanol–water partition coefficient (Wildman–Crippen LogP) is 7.73. The summed E-state index contributed by atoms with van der Waals surface area (Å²) in [5.41, 5.74) is 4.57. The molecule has 1 N–H and O–H groups in total. The lowest BCUT2D eigenvalue weighted by molar-refractivity contribution is -0.113. The van der Waals surface area contributed by atoms with Crippen LogP contribution in [-0.4, -0.2) is 17.6 Å². The third-order valence-electron chi connectivity index (χ3n) is 7.71. The summed E-state index contributed by atoms with van der Waals surface area (Å²) in [6.07, 6.45) is 1.80. The van der Waals surface area contributed by atoms with E-state index in [2.05, 4.69) is 5.32 Å². The number of hydrogen-bond acceptors (Lipinski definition) is 6. The van der Waals surface area contributed by atoms with E-state index in [4.69, 9.17) is 49.3 Å². The zero-order valence-corrected chi connectivity index (χ0v) is 28.6. The fourth-order valence-electron chi connectivity index (χ4n) is 5.43. The van der Waals surface area contributed by atoms with Crippen molar-refractivity contribution in [1.29, 1.82) is 0 Å². The van der Waals surface area contributed by atoms with Gasteiger partial charge in [0.05, 0.1) is 39.0 Å². The first kappa shape index (κ1) is 32.6. The molecule has 1 amide bonds. The van der Waals surface area contributed by atoms with E-state index in [1.165, 1.54) is 11.3 Å². The number of halogens is 3.